The second-order valence-corrected chi connectivity index (χ2v) is 15.5. The summed E-state index contributed by atoms with van der Waals surface area (Å²) in [5, 5.41) is 2.10. The molecule has 17 heavy (non-hydrogen) atoms. The van der Waals surface area contributed by atoms with E-state index >= 15 is 0 Å². The molecule has 0 radical (unpaired) electrons. The second-order valence-electron chi connectivity index (χ2n) is 6.22. The van der Waals surface area contributed by atoms with Crippen molar-refractivity contribution in [3.8, 4) is 0 Å². The van der Waals surface area contributed by atoms with Gasteiger partial charge in [-0.1, -0.05) is 48.5 Å². The first-order valence-corrected chi connectivity index (χ1v) is 11.2. The Kier molecular flexibility index (Phi) is 5.80. The number of halogens is 3. The Labute approximate surface area is 115 Å². The summed E-state index contributed by atoms with van der Waals surface area (Å²) in [4.78, 5) is 0. The third-order valence-corrected chi connectivity index (χ3v) is 14.5. The largest absolute Gasteiger partial charge is 0.290 e. The third-order valence-electron chi connectivity index (χ3n) is 2.60. The molecule has 0 saturated heterocycles. The highest BCUT2D eigenvalue weighted by Crippen LogP contribution is 2.62. The highest BCUT2D eigenvalue weighted by molar-refractivity contribution is 7.86. The molecule has 0 saturated carbocycles. The molecular formula is C10H24Cl2FN2PSi. The first-order valence-electron chi connectivity index (χ1n) is 5.73. The maximum Gasteiger partial charge on any atom is 0.290 e. The van der Waals surface area contributed by atoms with E-state index in [1.54, 1.807) is 6.92 Å². The van der Waals surface area contributed by atoms with Gasteiger partial charge in [-0.15, -0.1) is 11.1 Å². The van der Waals surface area contributed by atoms with Crippen molar-refractivity contribution in [1.82, 2.24) is 5.09 Å². The van der Waals surface area contributed by atoms with Gasteiger partial charge >= 0.3 is 0 Å². The molecule has 0 aromatic carbocycles. The van der Waals surface area contributed by atoms with Crippen LogP contribution in [0.4, 0.5) is 4.20 Å². The van der Waals surface area contributed by atoms with Gasteiger partial charge in [-0.3, -0.25) is 4.41 Å². The fraction of sp³-hybridized carbons (Fsp3) is 1.00. The average molecular weight is 321 g/mol. The number of nitrogens with zero attached hydrogens (tertiary/aromatic N) is 1. The van der Waals surface area contributed by atoms with Crippen molar-refractivity contribution in [2.75, 3.05) is 6.54 Å². The highest BCUT2D eigenvalue weighted by atomic mass is 35.7. The summed E-state index contributed by atoms with van der Waals surface area (Å²) < 4.78 is 18.5. The standard InChI is InChI=1S/C10H24Cl2FN2PSi/c1-8-14-16(11,13)15-17(12,9(2,3)4)10(5,6)7/h14H,8H2,1-7H3. The van der Waals surface area contributed by atoms with Crippen LogP contribution >= 0.6 is 29.2 Å². The van der Waals surface area contributed by atoms with E-state index in [2.05, 4.69) is 9.50 Å². The van der Waals surface area contributed by atoms with Crippen LogP contribution in [0.1, 0.15) is 48.5 Å². The van der Waals surface area contributed by atoms with Gasteiger partial charge in [0, 0.05) is 6.54 Å². The zero-order chi connectivity index (χ0) is 14.1. The molecule has 1 N–H and O–H groups in total. The van der Waals surface area contributed by atoms with E-state index in [0.29, 0.717) is 6.54 Å². The molecule has 0 aliphatic heterocycles. The van der Waals surface area contributed by atoms with E-state index in [-0.39, 0.29) is 10.1 Å². The zero-order valence-corrected chi connectivity index (χ0v) is 15.1. The Morgan fingerprint density at radius 3 is 1.76 bits per heavy atom. The first-order chi connectivity index (χ1) is 7.27. The smallest absolute Gasteiger partial charge is 0.266 e. The zero-order valence-electron chi connectivity index (χ0n) is 11.7. The fourth-order valence-electron chi connectivity index (χ4n) is 1.82. The molecule has 0 aromatic heterocycles. The Bertz CT molecular complexity index is 303. The number of hydrogen-bond acceptors (Lipinski definition) is 1. The number of hydrogen-bond donors (Lipinski definition) is 1. The third kappa shape index (κ3) is 4.50. The molecule has 0 fully saturated rings. The predicted octanol–water partition coefficient (Wildman–Crippen LogP) is 6.03. The van der Waals surface area contributed by atoms with Crippen LogP contribution in [-0.2, 0) is 0 Å². The molecule has 1 atom stereocenters. The van der Waals surface area contributed by atoms with Crippen molar-refractivity contribution in [3.63, 3.8) is 0 Å². The van der Waals surface area contributed by atoms with Crippen LogP contribution in [0.3, 0.4) is 0 Å². The van der Waals surface area contributed by atoms with Crippen LogP contribution in [-0.4, -0.2) is 14.1 Å². The number of nitrogens with one attached hydrogen (secondary N) is 1. The SMILES string of the molecule is CCNP(F)(Cl)=N[Si](Cl)(C(C)(C)C)C(C)(C)C. The highest BCUT2D eigenvalue weighted by Gasteiger charge is 2.54. The van der Waals surface area contributed by atoms with Crippen molar-refractivity contribution in [1.29, 1.82) is 0 Å². The van der Waals surface area contributed by atoms with Gasteiger partial charge in [-0.25, -0.2) is 5.09 Å². The lowest BCUT2D eigenvalue weighted by Gasteiger charge is -2.43. The monoisotopic (exact) mass is 320 g/mol. The van der Waals surface area contributed by atoms with Crippen molar-refractivity contribution in [2.24, 2.45) is 4.41 Å². The molecule has 0 aliphatic rings. The van der Waals surface area contributed by atoms with Crippen LogP contribution in [0.2, 0.25) is 10.1 Å². The Morgan fingerprint density at radius 2 is 1.53 bits per heavy atom. The first kappa shape index (κ1) is 17.9. The molecule has 0 rings (SSSR count). The quantitative estimate of drug-likeness (QED) is 0.383. The van der Waals surface area contributed by atoms with Gasteiger partial charge in [-0.2, -0.15) is 4.20 Å². The Hall–Kier alpha value is 0.917. The van der Waals surface area contributed by atoms with Gasteiger partial charge in [0.15, 0.2) is 0 Å². The van der Waals surface area contributed by atoms with Gasteiger partial charge < -0.3 is 0 Å². The lowest BCUT2D eigenvalue weighted by molar-refractivity contribution is 0.631. The minimum atomic E-state index is -3.48. The topological polar surface area (TPSA) is 24.4 Å². The van der Waals surface area contributed by atoms with E-state index in [0.717, 1.165) is 0 Å². The van der Waals surface area contributed by atoms with E-state index in [9.17, 15) is 4.20 Å². The Morgan fingerprint density at radius 1 is 1.18 bits per heavy atom. The summed E-state index contributed by atoms with van der Waals surface area (Å²) in [5.74, 6) is 0. The van der Waals surface area contributed by atoms with Crippen LogP contribution in [0.25, 0.3) is 0 Å². The van der Waals surface area contributed by atoms with Gasteiger partial charge in [-0.05, 0) is 21.3 Å². The molecular weight excluding hydrogens is 297 g/mol. The van der Waals surface area contributed by atoms with E-state index in [4.69, 9.17) is 22.3 Å². The van der Waals surface area contributed by atoms with Crippen molar-refractivity contribution in [2.45, 2.75) is 58.5 Å². The maximum absolute atomic E-state index is 14.2. The molecule has 0 heterocycles. The predicted molar refractivity (Wildman–Crippen MR) is 81.0 cm³/mol. The average Bonchev–Trinajstić information content (AvgIpc) is 1.97. The summed E-state index contributed by atoms with van der Waals surface area (Å²) in [5.41, 5.74) is 0. The fourth-order valence-corrected chi connectivity index (χ4v) is 11.2. The van der Waals surface area contributed by atoms with Gasteiger partial charge in [0.25, 0.3) is 14.4 Å². The number of rotatable bonds is 3. The minimum absolute atomic E-state index is 0.255. The summed E-state index contributed by atoms with van der Waals surface area (Å²) in [6.07, 6.45) is 0. The van der Waals surface area contributed by atoms with Crippen molar-refractivity contribution in [3.05, 3.63) is 0 Å². The van der Waals surface area contributed by atoms with E-state index in [1.165, 1.54) is 0 Å². The van der Waals surface area contributed by atoms with E-state index in [1.807, 2.05) is 41.5 Å². The van der Waals surface area contributed by atoms with Crippen LogP contribution < -0.4 is 5.09 Å². The molecule has 104 valence electrons. The van der Waals surface area contributed by atoms with E-state index < -0.39 is 14.4 Å². The van der Waals surface area contributed by atoms with Gasteiger partial charge in [0.2, 0.25) is 0 Å². The molecule has 0 bridgehead atoms. The van der Waals surface area contributed by atoms with Crippen LogP contribution in [0.15, 0.2) is 4.41 Å². The minimum Gasteiger partial charge on any atom is -0.266 e. The van der Waals surface area contributed by atoms with Crippen LogP contribution in [0, 0.1) is 0 Å². The summed E-state index contributed by atoms with van der Waals surface area (Å²) in [6, 6.07) is 0. The van der Waals surface area contributed by atoms with Crippen LogP contribution in [0.5, 0.6) is 0 Å². The molecule has 2 nitrogen and oxygen atoms in total. The molecule has 0 aromatic rings. The summed E-state index contributed by atoms with van der Waals surface area (Å²) in [7, 11) is -2.75. The lowest BCUT2D eigenvalue weighted by Crippen LogP contribution is -2.45. The Balaban J connectivity index is 5.71. The normalized spacial score (nSPS) is 17.8. The molecule has 7 heteroatoms. The maximum atomic E-state index is 14.2. The summed E-state index contributed by atoms with van der Waals surface area (Å²) in [6.45, 7) is 10.8. The molecule has 0 amide bonds. The molecule has 0 spiro atoms. The molecule has 1 unspecified atom stereocenters. The second kappa shape index (κ2) is 5.50. The van der Waals surface area contributed by atoms with Crippen molar-refractivity contribution >= 4 is 36.7 Å². The lowest BCUT2D eigenvalue weighted by atomic mass is 10.2. The van der Waals surface area contributed by atoms with Gasteiger partial charge in [0.1, 0.15) is 0 Å². The van der Waals surface area contributed by atoms with Crippen molar-refractivity contribution < 1.29 is 4.20 Å². The molecule has 0 aliphatic carbocycles. The summed E-state index contributed by atoms with van der Waals surface area (Å²) >= 11 is 12.6. The van der Waals surface area contributed by atoms with Gasteiger partial charge in [0.05, 0.1) is 0 Å².